The van der Waals surface area contributed by atoms with Crippen molar-refractivity contribution in [1.29, 1.82) is 0 Å². The molecule has 1 saturated heterocycles. The molecule has 1 saturated carbocycles. The van der Waals surface area contributed by atoms with Crippen molar-refractivity contribution in [3.8, 4) is 5.95 Å². The van der Waals surface area contributed by atoms with Crippen LogP contribution in [-0.2, 0) is 0 Å². The number of rotatable bonds is 4. The molecule has 3 aromatic rings. The standard InChI is InChI=1S/C21H24FN7O/c22-14-7-10-28(12-14)16-5-3-15(4-6-16)25-20(30)18-17-2-1-8-24-19(17)27-21(26-18)29-11-9-23-13-29/h1-2,8-9,11,13-16H,3-7,10,12H2,(H,25,30)/t14-,15?,16?/m0/s1. The van der Waals surface area contributed by atoms with Gasteiger partial charge >= 0.3 is 0 Å². The summed E-state index contributed by atoms with van der Waals surface area (Å²) in [6.45, 7) is 1.40. The Balaban J connectivity index is 1.32. The van der Waals surface area contributed by atoms with Crippen LogP contribution in [0.5, 0.6) is 0 Å². The molecule has 1 aliphatic carbocycles. The third-order valence-electron chi connectivity index (χ3n) is 6.12. The molecule has 0 unspecified atom stereocenters. The van der Waals surface area contributed by atoms with E-state index in [-0.39, 0.29) is 11.9 Å². The van der Waals surface area contributed by atoms with Gasteiger partial charge in [0.05, 0.1) is 5.39 Å². The molecule has 156 valence electrons. The van der Waals surface area contributed by atoms with Crippen LogP contribution in [0.15, 0.2) is 37.1 Å². The Morgan fingerprint density at radius 2 is 2.00 bits per heavy atom. The molecule has 0 radical (unpaired) electrons. The number of fused-ring (bicyclic) bond motifs is 1. The van der Waals surface area contributed by atoms with Crippen LogP contribution >= 0.6 is 0 Å². The Bertz CT molecular complexity index is 1030. The van der Waals surface area contributed by atoms with E-state index in [2.05, 4.69) is 30.2 Å². The van der Waals surface area contributed by atoms with E-state index in [1.807, 2.05) is 6.07 Å². The molecule has 30 heavy (non-hydrogen) atoms. The van der Waals surface area contributed by atoms with E-state index in [1.165, 1.54) is 0 Å². The van der Waals surface area contributed by atoms with Crippen LogP contribution in [0, 0.1) is 0 Å². The van der Waals surface area contributed by atoms with Crippen molar-refractivity contribution >= 4 is 16.9 Å². The van der Waals surface area contributed by atoms with Crippen LogP contribution in [0.1, 0.15) is 42.6 Å². The summed E-state index contributed by atoms with van der Waals surface area (Å²) in [5.74, 6) is 0.146. The number of aromatic nitrogens is 5. The number of likely N-dealkylation sites (tertiary alicyclic amines) is 1. The Kier molecular flexibility index (Phi) is 5.12. The van der Waals surface area contributed by atoms with Gasteiger partial charge in [0.25, 0.3) is 5.91 Å². The number of nitrogens with zero attached hydrogens (tertiary/aromatic N) is 6. The van der Waals surface area contributed by atoms with E-state index >= 15 is 0 Å². The molecular formula is C21H24FN7O. The lowest BCUT2D eigenvalue weighted by Gasteiger charge is -2.34. The van der Waals surface area contributed by atoms with Crippen LogP contribution < -0.4 is 5.32 Å². The van der Waals surface area contributed by atoms with Crippen molar-refractivity contribution in [1.82, 2.24) is 34.7 Å². The summed E-state index contributed by atoms with van der Waals surface area (Å²) in [6, 6.07) is 4.11. The monoisotopic (exact) mass is 409 g/mol. The highest BCUT2D eigenvalue weighted by atomic mass is 19.1. The van der Waals surface area contributed by atoms with Gasteiger partial charge in [0.2, 0.25) is 5.95 Å². The van der Waals surface area contributed by atoms with Crippen molar-refractivity contribution in [2.45, 2.75) is 50.4 Å². The van der Waals surface area contributed by atoms with E-state index in [0.717, 1.165) is 32.2 Å². The van der Waals surface area contributed by atoms with Crippen LogP contribution in [-0.4, -0.2) is 66.7 Å². The fourth-order valence-electron chi connectivity index (χ4n) is 4.53. The van der Waals surface area contributed by atoms with E-state index in [1.54, 1.807) is 35.6 Å². The number of hydrogen-bond donors (Lipinski definition) is 1. The third-order valence-corrected chi connectivity index (χ3v) is 6.12. The van der Waals surface area contributed by atoms with Crippen molar-refractivity contribution in [3.63, 3.8) is 0 Å². The number of imidazole rings is 1. The molecule has 3 aromatic heterocycles. The molecule has 4 heterocycles. The summed E-state index contributed by atoms with van der Waals surface area (Å²) < 4.78 is 15.2. The van der Waals surface area contributed by atoms with Gasteiger partial charge in [-0.2, -0.15) is 4.98 Å². The summed E-state index contributed by atoms with van der Waals surface area (Å²) in [4.78, 5) is 32.7. The largest absolute Gasteiger partial charge is 0.348 e. The fourth-order valence-corrected chi connectivity index (χ4v) is 4.53. The second-order valence-electron chi connectivity index (χ2n) is 8.08. The summed E-state index contributed by atoms with van der Waals surface area (Å²) in [7, 11) is 0. The lowest BCUT2D eigenvalue weighted by Crippen LogP contribution is -2.43. The van der Waals surface area contributed by atoms with Gasteiger partial charge in [-0.25, -0.2) is 19.3 Å². The zero-order valence-electron chi connectivity index (χ0n) is 16.6. The lowest BCUT2D eigenvalue weighted by molar-refractivity contribution is 0.0906. The molecule has 0 aromatic carbocycles. The summed E-state index contributed by atoms with van der Waals surface area (Å²) in [6.07, 6.45) is 10.3. The fraction of sp³-hybridized carbons (Fsp3) is 0.476. The van der Waals surface area contributed by atoms with Gasteiger partial charge in [-0.1, -0.05) is 0 Å². The van der Waals surface area contributed by atoms with Gasteiger partial charge in [0, 0.05) is 43.8 Å². The molecule has 1 atom stereocenters. The van der Waals surface area contributed by atoms with Crippen LogP contribution in [0.25, 0.3) is 17.0 Å². The first kappa shape index (κ1) is 19.0. The molecule has 1 aliphatic heterocycles. The predicted octanol–water partition coefficient (Wildman–Crippen LogP) is 2.30. The van der Waals surface area contributed by atoms with Crippen LogP contribution in [0.2, 0.25) is 0 Å². The number of nitrogens with one attached hydrogen (secondary N) is 1. The third kappa shape index (κ3) is 3.77. The van der Waals surface area contributed by atoms with Crippen LogP contribution in [0.3, 0.4) is 0 Å². The van der Waals surface area contributed by atoms with Gasteiger partial charge in [0.1, 0.15) is 18.2 Å². The van der Waals surface area contributed by atoms with Crippen molar-refractivity contribution in [2.75, 3.05) is 13.1 Å². The highest BCUT2D eigenvalue weighted by molar-refractivity contribution is 6.03. The number of alkyl halides is 1. The number of pyridine rings is 1. The number of halogens is 1. The van der Waals surface area contributed by atoms with E-state index in [9.17, 15) is 9.18 Å². The van der Waals surface area contributed by atoms with E-state index < -0.39 is 6.17 Å². The SMILES string of the molecule is O=C(NC1CCC(N2CC[C@H](F)C2)CC1)c1nc(-n2ccnc2)nc2ncccc12. The molecule has 0 bridgehead atoms. The molecule has 9 heteroatoms. The zero-order valence-corrected chi connectivity index (χ0v) is 16.6. The van der Waals surface area contributed by atoms with Gasteiger partial charge in [0.15, 0.2) is 5.65 Å². The average Bonchev–Trinajstić information content (AvgIpc) is 3.45. The summed E-state index contributed by atoms with van der Waals surface area (Å²) in [5.41, 5.74) is 0.790. The highest BCUT2D eigenvalue weighted by Gasteiger charge is 2.32. The van der Waals surface area contributed by atoms with Gasteiger partial charge in [-0.15, -0.1) is 0 Å². The second kappa shape index (κ2) is 8.06. The first-order valence-electron chi connectivity index (χ1n) is 10.5. The first-order valence-corrected chi connectivity index (χ1v) is 10.5. The summed E-state index contributed by atoms with van der Waals surface area (Å²) >= 11 is 0. The molecular weight excluding hydrogens is 385 g/mol. The maximum Gasteiger partial charge on any atom is 0.271 e. The van der Waals surface area contributed by atoms with E-state index in [0.29, 0.717) is 41.7 Å². The Morgan fingerprint density at radius 3 is 2.73 bits per heavy atom. The molecule has 1 amide bonds. The minimum atomic E-state index is -0.688. The number of hydrogen-bond acceptors (Lipinski definition) is 6. The van der Waals surface area contributed by atoms with Crippen molar-refractivity contribution in [3.05, 3.63) is 42.7 Å². The Hall–Kier alpha value is -2.94. The number of carbonyl (C=O) groups is 1. The second-order valence-corrected chi connectivity index (χ2v) is 8.08. The maximum atomic E-state index is 13.5. The highest BCUT2D eigenvalue weighted by Crippen LogP contribution is 2.27. The minimum absolute atomic E-state index is 0.0934. The molecule has 1 N–H and O–H groups in total. The quantitative estimate of drug-likeness (QED) is 0.711. The molecule has 8 nitrogen and oxygen atoms in total. The van der Waals surface area contributed by atoms with Gasteiger partial charge in [-0.05, 0) is 44.2 Å². The van der Waals surface area contributed by atoms with Gasteiger partial charge < -0.3 is 5.32 Å². The van der Waals surface area contributed by atoms with Crippen molar-refractivity contribution < 1.29 is 9.18 Å². The normalized spacial score (nSPS) is 24.9. The molecule has 2 fully saturated rings. The molecule has 5 rings (SSSR count). The minimum Gasteiger partial charge on any atom is -0.348 e. The Morgan fingerprint density at radius 1 is 1.13 bits per heavy atom. The number of amides is 1. The lowest BCUT2D eigenvalue weighted by atomic mass is 9.90. The molecule has 2 aliphatic rings. The number of carbonyl (C=O) groups excluding carboxylic acids is 1. The first-order chi connectivity index (χ1) is 14.7. The maximum absolute atomic E-state index is 13.5. The average molecular weight is 409 g/mol. The Labute approximate surface area is 173 Å². The predicted molar refractivity (Wildman–Crippen MR) is 109 cm³/mol. The van der Waals surface area contributed by atoms with Crippen molar-refractivity contribution in [2.24, 2.45) is 0 Å². The van der Waals surface area contributed by atoms with Crippen LogP contribution in [0.4, 0.5) is 4.39 Å². The molecule has 0 spiro atoms. The smallest absolute Gasteiger partial charge is 0.271 e. The zero-order chi connectivity index (χ0) is 20.5. The van der Waals surface area contributed by atoms with Gasteiger partial charge in [-0.3, -0.25) is 14.3 Å². The topological polar surface area (TPSA) is 88.8 Å². The van der Waals surface area contributed by atoms with E-state index in [4.69, 9.17) is 0 Å². The summed E-state index contributed by atoms with van der Waals surface area (Å²) in [5, 5.41) is 3.77.